The quantitative estimate of drug-likeness (QED) is 0.664. The summed E-state index contributed by atoms with van der Waals surface area (Å²) >= 11 is 0. The summed E-state index contributed by atoms with van der Waals surface area (Å²) in [5.74, 6) is 0.905. The second kappa shape index (κ2) is 9.41. The first kappa shape index (κ1) is 22.9. The molecule has 0 heterocycles. The second-order valence-corrected chi connectivity index (χ2v) is 10.1. The highest BCUT2D eigenvalue weighted by atomic mass is 32.2. The number of hydrogen-bond acceptors (Lipinski definition) is 4. The molecule has 0 aliphatic heterocycles. The minimum absolute atomic E-state index is 0.144. The molecule has 0 saturated heterocycles. The number of ether oxygens (including phenoxy) is 1. The Bertz CT molecular complexity index is 930. The van der Waals surface area contributed by atoms with E-state index in [1.807, 2.05) is 6.07 Å². The van der Waals surface area contributed by atoms with E-state index in [4.69, 9.17) is 4.74 Å². The van der Waals surface area contributed by atoms with E-state index in [2.05, 4.69) is 23.9 Å². The van der Waals surface area contributed by atoms with Crippen LogP contribution in [0.4, 0.5) is 5.69 Å². The fraction of sp³-hybridized carbons (Fsp3) is 0.409. The van der Waals surface area contributed by atoms with Crippen molar-refractivity contribution in [3.63, 3.8) is 0 Å². The van der Waals surface area contributed by atoms with Gasteiger partial charge in [0.05, 0.1) is 11.5 Å². The number of sulfonamides is 1. The molecule has 0 aliphatic carbocycles. The summed E-state index contributed by atoms with van der Waals surface area (Å²) in [5, 5.41) is 2.78. The number of carbonyl (C=O) groups excluding carboxylic acids is 1. The first-order valence-electron chi connectivity index (χ1n) is 9.64. The lowest BCUT2D eigenvalue weighted by molar-refractivity contribution is 0.102. The van der Waals surface area contributed by atoms with Crippen molar-refractivity contribution in [2.24, 2.45) is 5.92 Å². The van der Waals surface area contributed by atoms with Gasteiger partial charge in [-0.25, -0.2) is 13.1 Å². The third-order valence-electron chi connectivity index (χ3n) is 3.92. The third-order valence-corrected chi connectivity index (χ3v) is 5.70. The Morgan fingerprint density at radius 1 is 1.07 bits per heavy atom. The Morgan fingerprint density at radius 3 is 2.31 bits per heavy atom. The molecule has 0 atom stereocenters. The number of hydrogen-bond donors (Lipinski definition) is 2. The lowest BCUT2D eigenvalue weighted by atomic mass is 10.1. The zero-order valence-corrected chi connectivity index (χ0v) is 18.5. The normalized spacial score (nSPS) is 12.1. The highest BCUT2D eigenvalue weighted by molar-refractivity contribution is 7.89. The molecule has 0 fully saturated rings. The molecule has 0 bridgehead atoms. The molecule has 2 rings (SSSR count). The van der Waals surface area contributed by atoms with E-state index in [0.29, 0.717) is 29.5 Å². The number of carbonyl (C=O) groups is 1. The molecular weight excluding hydrogens is 388 g/mol. The highest BCUT2D eigenvalue weighted by Gasteiger charge is 2.21. The van der Waals surface area contributed by atoms with Crippen LogP contribution < -0.4 is 14.8 Å². The van der Waals surface area contributed by atoms with Crippen LogP contribution in [0.5, 0.6) is 5.75 Å². The van der Waals surface area contributed by atoms with E-state index in [0.717, 1.165) is 6.42 Å². The maximum Gasteiger partial charge on any atom is 0.255 e. The standard InChI is InChI=1S/C22H30N2O4S/c1-16(2)13-14-28-19-8-6-7-17(15-19)21(25)23-18-9-11-20(12-10-18)29(26,27)24-22(3,4)5/h6-12,15-16,24H,13-14H2,1-5H3,(H,23,25). The van der Waals surface area contributed by atoms with Gasteiger partial charge in [0, 0.05) is 16.8 Å². The average Bonchev–Trinajstić information content (AvgIpc) is 2.60. The minimum Gasteiger partial charge on any atom is -0.494 e. The van der Waals surface area contributed by atoms with Crippen LogP contribution >= 0.6 is 0 Å². The predicted molar refractivity (Wildman–Crippen MR) is 116 cm³/mol. The molecule has 6 nitrogen and oxygen atoms in total. The van der Waals surface area contributed by atoms with E-state index in [-0.39, 0.29) is 10.8 Å². The molecule has 0 saturated carbocycles. The van der Waals surface area contributed by atoms with Crippen LogP contribution in [0.15, 0.2) is 53.4 Å². The molecule has 0 unspecified atom stereocenters. The summed E-state index contributed by atoms with van der Waals surface area (Å²) in [7, 11) is -3.62. The van der Waals surface area contributed by atoms with Crippen molar-refractivity contribution in [2.45, 2.75) is 51.5 Å². The lowest BCUT2D eigenvalue weighted by Crippen LogP contribution is -2.40. The predicted octanol–water partition coefficient (Wildman–Crippen LogP) is 4.44. The topological polar surface area (TPSA) is 84.5 Å². The van der Waals surface area contributed by atoms with Gasteiger partial charge in [-0.2, -0.15) is 0 Å². The highest BCUT2D eigenvalue weighted by Crippen LogP contribution is 2.19. The van der Waals surface area contributed by atoms with Crippen molar-refractivity contribution in [1.29, 1.82) is 0 Å². The third kappa shape index (κ3) is 7.51. The summed E-state index contributed by atoms with van der Waals surface area (Å²) < 4.78 is 33.0. The van der Waals surface area contributed by atoms with Crippen LogP contribution in [0.3, 0.4) is 0 Å². The largest absolute Gasteiger partial charge is 0.494 e. The van der Waals surface area contributed by atoms with Crippen molar-refractivity contribution < 1.29 is 17.9 Å². The van der Waals surface area contributed by atoms with Crippen LogP contribution in [-0.4, -0.2) is 26.5 Å². The molecule has 7 heteroatoms. The molecule has 0 spiro atoms. The summed E-state index contributed by atoms with van der Waals surface area (Å²) in [6.45, 7) is 10.2. The van der Waals surface area contributed by atoms with Crippen LogP contribution in [0.1, 0.15) is 51.4 Å². The molecule has 2 aromatic carbocycles. The monoisotopic (exact) mass is 418 g/mol. The first-order chi connectivity index (χ1) is 13.5. The Kier molecular flexibility index (Phi) is 7.43. The molecule has 0 aliphatic rings. The Hall–Kier alpha value is -2.38. The molecule has 2 N–H and O–H groups in total. The van der Waals surface area contributed by atoms with Crippen molar-refractivity contribution in [2.75, 3.05) is 11.9 Å². The Labute approximate surface area is 173 Å². The first-order valence-corrected chi connectivity index (χ1v) is 11.1. The Morgan fingerprint density at radius 2 is 1.72 bits per heavy atom. The molecule has 0 aromatic heterocycles. The Balaban J connectivity index is 2.04. The lowest BCUT2D eigenvalue weighted by Gasteiger charge is -2.20. The van der Waals surface area contributed by atoms with E-state index >= 15 is 0 Å². The summed E-state index contributed by atoms with van der Waals surface area (Å²) in [6.07, 6.45) is 0.940. The van der Waals surface area contributed by atoms with E-state index in [1.165, 1.54) is 12.1 Å². The van der Waals surface area contributed by atoms with Crippen LogP contribution in [0, 0.1) is 5.92 Å². The summed E-state index contributed by atoms with van der Waals surface area (Å²) in [6, 6.07) is 13.1. The molecular formula is C22H30N2O4S. The van der Waals surface area contributed by atoms with Gasteiger partial charge < -0.3 is 10.1 Å². The van der Waals surface area contributed by atoms with Gasteiger partial charge in [-0.3, -0.25) is 4.79 Å². The van der Waals surface area contributed by atoms with Gasteiger partial charge in [0.1, 0.15) is 5.75 Å². The smallest absolute Gasteiger partial charge is 0.255 e. The fourth-order valence-electron chi connectivity index (χ4n) is 2.52. The average molecular weight is 419 g/mol. The number of benzene rings is 2. The van der Waals surface area contributed by atoms with Crippen LogP contribution in [0.2, 0.25) is 0 Å². The van der Waals surface area contributed by atoms with Crippen molar-refractivity contribution in [1.82, 2.24) is 4.72 Å². The number of rotatable bonds is 8. The fourth-order valence-corrected chi connectivity index (χ4v) is 3.94. The van der Waals surface area contributed by atoms with Crippen molar-refractivity contribution in [3.8, 4) is 5.75 Å². The molecule has 0 radical (unpaired) electrons. The van der Waals surface area contributed by atoms with Crippen molar-refractivity contribution >= 4 is 21.6 Å². The second-order valence-electron chi connectivity index (χ2n) is 8.39. The molecule has 1 amide bonds. The van der Waals surface area contributed by atoms with E-state index < -0.39 is 15.6 Å². The van der Waals surface area contributed by atoms with Gasteiger partial charge in [-0.1, -0.05) is 19.9 Å². The van der Waals surface area contributed by atoms with E-state index in [1.54, 1.807) is 51.1 Å². The molecule has 2 aromatic rings. The molecule has 158 valence electrons. The van der Waals surface area contributed by atoms with Crippen LogP contribution in [-0.2, 0) is 10.0 Å². The number of nitrogens with one attached hydrogen (secondary N) is 2. The number of amides is 1. The minimum atomic E-state index is -3.62. The molecule has 29 heavy (non-hydrogen) atoms. The van der Waals surface area contributed by atoms with E-state index in [9.17, 15) is 13.2 Å². The zero-order chi connectivity index (χ0) is 21.7. The maximum atomic E-state index is 12.5. The van der Waals surface area contributed by atoms with Gasteiger partial charge in [0.2, 0.25) is 10.0 Å². The number of anilines is 1. The summed E-state index contributed by atoms with van der Waals surface area (Å²) in [5.41, 5.74) is 0.405. The van der Waals surface area contributed by atoms with Crippen molar-refractivity contribution in [3.05, 3.63) is 54.1 Å². The van der Waals surface area contributed by atoms with Gasteiger partial charge in [-0.15, -0.1) is 0 Å². The van der Waals surface area contributed by atoms with Gasteiger partial charge in [0.25, 0.3) is 5.91 Å². The van der Waals surface area contributed by atoms with Crippen LogP contribution in [0.25, 0.3) is 0 Å². The summed E-state index contributed by atoms with van der Waals surface area (Å²) in [4.78, 5) is 12.7. The van der Waals surface area contributed by atoms with Gasteiger partial charge >= 0.3 is 0 Å². The van der Waals surface area contributed by atoms with Gasteiger partial charge in [0.15, 0.2) is 0 Å². The van der Waals surface area contributed by atoms with Gasteiger partial charge in [-0.05, 0) is 75.6 Å². The SMILES string of the molecule is CC(C)CCOc1cccc(C(=O)Nc2ccc(S(=O)(=O)NC(C)(C)C)cc2)c1. The maximum absolute atomic E-state index is 12.5. The zero-order valence-electron chi connectivity index (χ0n) is 17.7.